The van der Waals surface area contributed by atoms with E-state index in [1.807, 2.05) is 26.8 Å². The van der Waals surface area contributed by atoms with Crippen molar-refractivity contribution in [1.82, 2.24) is 9.97 Å². The van der Waals surface area contributed by atoms with E-state index in [1.165, 1.54) is 0 Å². The van der Waals surface area contributed by atoms with Gasteiger partial charge in [-0.25, -0.2) is 9.97 Å². The zero-order chi connectivity index (χ0) is 14.5. The molecule has 5 heteroatoms. The fourth-order valence-electron chi connectivity index (χ4n) is 1.60. The smallest absolute Gasteiger partial charge is 0.133 e. The third kappa shape index (κ3) is 4.67. The fraction of sp³-hybridized carbons (Fsp3) is 0.714. The summed E-state index contributed by atoms with van der Waals surface area (Å²) in [5.74, 6) is 2.40. The van der Waals surface area contributed by atoms with Crippen molar-refractivity contribution >= 4 is 11.6 Å². The highest BCUT2D eigenvalue weighted by atomic mass is 16.3. The first kappa shape index (κ1) is 15.7. The van der Waals surface area contributed by atoms with Crippen LogP contribution in [0.25, 0.3) is 0 Å². The van der Waals surface area contributed by atoms with E-state index in [-0.39, 0.29) is 0 Å². The molecule has 5 nitrogen and oxygen atoms in total. The maximum Gasteiger partial charge on any atom is 0.133 e. The van der Waals surface area contributed by atoms with E-state index in [0.717, 1.165) is 36.8 Å². The van der Waals surface area contributed by atoms with E-state index in [1.54, 1.807) is 6.92 Å². The predicted octanol–water partition coefficient (Wildman–Crippen LogP) is 2.43. The Kier molecular flexibility index (Phi) is 5.54. The SMILES string of the molecule is CCCc1nc(NCC)cc(NC(C)(C)C(C)O)n1. The number of nitrogens with zero attached hydrogens (tertiary/aromatic N) is 2. The number of hydrogen-bond donors (Lipinski definition) is 3. The lowest BCUT2D eigenvalue weighted by Crippen LogP contribution is -2.42. The van der Waals surface area contributed by atoms with Gasteiger partial charge in [-0.3, -0.25) is 0 Å². The summed E-state index contributed by atoms with van der Waals surface area (Å²) in [6, 6.07) is 1.88. The second-order valence-corrected chi connectivity index (χ2v) is 5.36. The average molecular weight is 266 g/mol. The zero-order valence-electron chi connectivity index (χ0n) is 12.6. The van der Waals surface area contributed by atoms with Crippen LogP contribution in [0.2, 0.25) is 0 Å². The molecule has 0 aliphatic heterocycles. The summed E-state index contributed by atoms with van der Waals surface area (Å²) in [6.45, 7) is 10.6. The van der Waals surface area contributed by atoms with Gasteiger partial charge in [-0.05, 0) is 34.1 Å². The highest BCUT2D eigenvalue weighted by molar-refractivity contribution is 5.49. The van der Waals surface area contributed by atoms with Crippen LogP contribution >= 0.6 is 0 Å². The maximum atomic E-state index is 9.77. The van der Waals surface area contributed by atoms with Gasteiger partial charge in [0.2, 0.25) is 0 Å². The lowest BCUT2D eigenvalue weighted by Gasteiger charge is -2.30. The average Bonchev–Trinajstić information content (AvgIpc) is 2.28. The topological polar surface area (TPSA) is 70.1 Å². The van der Waals surface area contributed by atoms with E-state index in [2.05, 4.69) is 27.5 Å². The summed E-state index contributed by atoms with van der Waals surface area (Å²) in [5.41, 5.74) is -0.429. The summed E-state index contributed by atoms with van der Waals surface area (Å²) >= 11 is 0. The second kappa shape index (κ2) is 6.70. The molecular formula is C14H26N4O. The van der Waals surface area contributed by atoms with Crippen LogP contribution in [-0.2, 0) is 6.42 Å². The summed E-state index contributed by atoms with van der Waals surface area (Å²) < 4.78 is 0. The van der Waals surface area contributed by atoms with Crippen LogP contribution in [0, 0.1) is 0 Å². The van der Waals surface area contributed by atoms with Crippen LogP contribution in [0.3, 0.4) is 0 Å². The Balaban J connectivity index is 2.98. The van der Waals surface area contributed by atoms with Crippen molar-refractivity contribution < 1.29 is 5.11 Å². The molecule has 1 heterocycles. The molecule has 1 atom stereocenters. The Morgan fingerprint density at radius 3 is 2.42 bits per heavy atom. The molecular weight excluding hydrogens is 240 g/mol. The van der Waals surface area contributed by atoms with Gasteiger partial charge in [0.05, 0.1) is 11.6 Å². The second-order valence-electron chi connectivity index (χ2n) is 5.36. The van der Waals surface area contributed by atoms with Gasteiger partial charge in [0.15, 0.2) is 0 Å². The minimum absolute atomic E-state index is 0.429. The van der Waals surface area contributed by atoms with E-state index in [4.69, 9.17) is 0 Å². The van der Waals surface area contributed by atoms with Crippen LogP contribution in [-0.4, -0.2) is 33.3 Å². The van der Waals surface area contributed by atoms with Crippen LogP contribution in [0.4, 0.5) is 11.6 Å². The minimum atomic E-state index is -0.473. The minimum Gasteiger partial charge on any atom is -0.391 e. The van der Waals surface area contributed by atoms with Crippen molar-refractivity contribution in [2.45, 2.75) is 59.1 Å². The van der Waals surface area contributed by atoms with Crippen molar-refractivity contribution in [2.24, 2.45) is 0 Å². The lowest BCUT2D eigenvalue weighted by atomic mass is 9.99. The Hall–Kier alpha value is -1.36. The Morgan fingerprint density at radius 2 is 1.89 bits per heavy atom. The number of anilines is 2. The van der Waals surface area contributed by atoms with Crippen LogP contribution < -0.4 is 10.6 Å². The van der Waals surface area contributed by atoms with Crippen LogP contribution in [0.1, 0.15) is 46.9 Å². The highest BCUT2D eigenvalue weighted by Gasteiger charge is 2.24. The molecule has 108 valence electrons. The number of nitrogens with one attached hydrogen (secondary N) is 2. The molecule has 0 bridgehead atoms. The van der Waals surface area contributed by atoms with Crippen LogP contribution in [0.5, 0.6) is 0 Å². The Labute approximate surface area is 115 Å². The highest BCUT2D eigenvalue weighted by Crippen LogP contribution is 2.19. The molecule has 0 amide bonds. The summed E-state index contributed by atoms with van der Waals surface area (Å²) in [5, 5.41) is 16.2. The number of aliphatic hydroxyl groups excluding tert-OH is 1. The third-order valence-corrected chi connectivity index (χ3v) is 3.10. The van der Waals surface area contributed by atoms with Crippen molar-refractivity contribution in [2.75, 3.05) is 17.2 Å². The molecule has 1 rings (SSSR count). The quantitative estimate of drug-likeness (QED) is 0.707. The predicted molar refractivity (Wildman–Crippen MR) is 79.6 cm³/mol. The lowest BCUT2D eigenvalue weighted by molar-refractivity contribution is 0.133. The van der Waals surface area contributed by atoms with Crippen LogP contribution in [0.15, 0.2) is 6.07 Å². The Bertz CT molecular complexity index is 380. The monoisotopic (exact) mass is 266 g/mol. The molecule has 0 aromatic carbocycles. The van der Waals surface area contributed by atoms with E-state index in [0.29, 0.717) is 0 Å². The molecule has 19 heavy (non-hydrogen) atoms. The molecule has 1 aromatic rings. The maximum absolute atomic E-state index is 9.77. The van der Waals surface area contributed by atoms with Crippen molar-refractivity contribution in [3.63, 3.8) is 0 Å². The summed E-state index contributed by atoms with van der Waals surface area (Å²) in [6.07, 6.45) is 1.39. The number of hydrogen-bond acceptors (Lipinski definition) is 5. The first-order valence-corrected chi connectivity index (χ1v) is 6.97. The number of rotatable bonds is 7. The fourth-order valence-corrected chi connectivity index (χ4v) is 1.60. The summed E-state index contributed by atoms with van der Waals surface area (Å²) in [7, 11) is 0. The number of aliphatic hydroxyl groups is 1. The molecule has 1 unspecified atom stereocenters. The van der Waals surface area contributed by atoms with Crippen molar-refractivity contribution in [1.29, 1.82) is 0 Å². The van der Waals surface area contributed by atoms with E-state index < -0.39 is 11.6 Å². The molecule has 1 aromatic heterocycles. The molecule has 0 saturated heterocycles. The molecule has 3 N–H and O–H groups in total. The molecule has 0 aliphatic rings. The molecule has 0 spiro atoms. The largest absolute Gasteiger partial charge is 0.391 e. The summed E-state index contributed by atoms with van der Waals surface area (Å²) in [4.78, 5) is 8.96. The molecule has 0 saturated carbocycles. The van der Waals surface area contributed by atoms with Gasteiger partial charge in [0.25, 0.3) is 0 Å². The van der Waals surface area contributed by atoms with Gasteiger partial charge in [0.1, 0.15) is 17.5 Å². The first-order chi connectivity index (χ1) is 8.89. The Morgan fingerprint density at radius 1 is 1.26 bits per heavy atom. The normalized spacial score (nSPS) is 13.2. The van der Waals surface area contributed by atoms with Gasteiger partial charge in [0, 0.05) is 19.0 Å². The molecule has 0 radical (unpaired) electrons. The van der Waals surface area contributed by atoms with Crippen molar-refractivity contribution in [3.05, 3.63) is 11.9 Å². The third-order valence-electron chi connectivity index (χ3n) is 3.10. The van der Waals surface area contributed by atoms with Gasteiger partial charge in [-0.15, -0.1) is 0 Å². The van der Waals surface area contributed by atoms with Gasteiger partial charge < -0.3 is 15.7 Å². The molecule has 0 fully saturated rings. The standard InChI is InChI=1S/C14H26N4O/c1-6-8-11-16-12(15-7-2)9-13(17-11)18-14(4,5)10(3)19/h9-10,19H,6-8H2,1-5H3,(H2,15,16,17,18). The van der Waals surface area contributed by atoms with E-state index >= 15 is 0 Å². The zero-order valence-corrected chi connectivity index (χ0v) is 12.6. The number of aryl methyl sites for hydroxylation is 1. The van der Waals surface area contributed by atoms with Gasteiger partial charge in [-0.2, -0.15) is 0 Å². The van der Waals surface area contributed by atoms with Crippen molar-refractivity contribution in [3.8, 4) is 0 Å². The first-order valence-electron chi connectivity index (χ1n) is 6.97. The van der Waals surface area contributed by atoms with E-state index in [9.17, 15) is 5.11 Å². The molecule has 0 aliphatic carbocycles. The van der Waals surface area contributed by atoms with Gasteiger partial charge in [-0.1, -0.05) is 6.92 Å². The number of aromatic nitrogens is 2. The van der Waals surface area contributed by atoms with Gasteiger partial charge >= 0.3 is 0 Å².